The molecule has 0 spiro atoms. The molecule has 0 aromatic heterocycles. The molecule has 1 aliphatic carbocycles. The Morgan fingerprint density at radius 1 is 1.36 bits per heavy atom. The Hall–Kier alpha value is -0.0800. The van der Waals surface area contributed by atoms with Crippen molar-refractivity contribution in [3.63, 3.8) is 0 Å². The molecule has 1 heterocycles. The molecule has 2 bridgehead atoms. The second-order valence-electron chi connectivity index (χ2n) is 5.76. The minimum absolute atomic E-state index is 0.397. The molecular weight excluding hydrogens is 172 g/mol. The highest BCUT2D eigenvalue weighted by Crippen LogP contribution is 2.41. The minimum atomic E-state index is 0.397. The number of fused-ring (bicyclic) bond motifs is 2. The van der Waals surface area contributed by atoms with Gasteiger partial charge in [-0.25, -0.2) is 0 Å². The largest absolute Gasteiger partial charge is 0.327 e. The Morgan fingerprint density at radius 2 is 2.07 bits per heavy atom. The lowest BCUT2D eigenvalue weighted by Gasteiger charge is -2.42. The Morgan fingerprint density at radius 3 is 2.50 bits per heavy atom. The van der Waals surface area contributed by atoms with Gasteiger partial charge in [-0.15, -0.1) is 0 Å². The van der Waals surface area contributed by atoms with Crippen LogP contribution in [-0.2, 0) is 0 Å². The quantitative estimate of drug-likeness (QED) is 0.748. The van der Waals surface area contributed by atoms with Crippen molar-refractivity contribution in [1.29, 1.82) is 0 Å². The van der Waals surface area contributed by atoms with Crippen LogP contribution in [0.3, 0.4) is 0 Å². The smallest absolute Gasteiger partial charge is 0.0156 e. The summed E-state index contributed by atoms with van der Waals surface area (Å²) in [4.78, 5) is 2.71. The van der Waals surface area contributed by atoms with Crippen molar-refractivity contribution in [1.82, 2.24) is 4.90 Å². The van der Waals surface area contributed by atoms with Gasteiger partial charge in [0, 0.05) is 24.2 Å². The predicted octanol–water partition coefficient (Wildman–Crippen LogP) is 1.99. The molecule has 1 aliphatic heterocycles. The van der Waals surface area contributed by atoms with Crippen molar-refractivity contribution in [2.75, 3.05) is 6.54 Å². The van der Waals surface area contributed by atoms with Crippen molar-refractivity contribution in [3.05, 3.63) is 0 Å². The summed E-state index contributed by atoms with van der Waals surface area (Å²) in [5.41, 5.74) is 6.47. The van der Waals surface area contributed by atoms with Crippen molar-refractivity contribution in [2.45, 2.75) is 64.1 Å². The number of likely N-dealkylation sites (tertiary alicyclic amines) is 1. The summed E-state index contributed by atoms with van der Waals surface area (Å²) in [6, 6.07) is 1.28. The van der Waals surface area contributed by atoms with Crippen LogP contribution in [0.2, 0.25) is 0 Å². The summed E-state index contributed by atoms with van der Waals surface area (Å²) in [5, 5.41) is 0. The van der Waals surface area contributed by atoms with E-state index in [9.17, 15) is 0 Å². The van der Waals surface area contributed by atoms with Gasteiger partial charge in [0.25, 0.3) is 0 Å². The summed E-state index contributed by atoms with van der Waals surface area (Å²) >= 11 is 0. The Labute approximate surface area is 87.8 Å². The highest BCUT2D eigenvalue weighted by Gasteiger charge is 2.47. The van der Waals surface area contributed by atoms with Crippen LogP contribution in [0.1, 0.15) is 46.5 Å². The molecule has 0 aromatic carbocycles. The van der Waals surface area contributed by atoms with Crippen LogP contribution in [0, 0.1) is 5.92 Å². The van der Waals surface area contributed by atoms with Crippen molar-refractivity contribution >= 4 is 0 Å². The number of nitrogens with two attached hydrogens (primary N) is 1. The topological polar surface area (TPSA) is 29.3 Å². The molecule has 3 atom stereocenters. The van der Waals surface area contributed by atoms with Gasteiger partial charge in [0.15, 0.2) is 0 Å². The maximum absolute atomic E-state index is 6.07. The van der Waals surface area contributed by atoms with Crippen LogP contribution in [0.5, 0.6) is 0 Å². The third kappa shape index (κ3) is 1.59. The molecule has 2 N–H and O–H groups in total. The van der Waals surface area contributed by atoms with Gasteiger partial charge in [-0.1, -0.05) is 13.3 Å². The standard InChI is InChI=1S/C12H24N2/c1-4-5-12(2,3)14-8-9-6-10(14)7-11(9)13/h9-11H,4-8,13H2,1-3H3. The fraction of sp³-hybridized carbons (Fsp3) is 1.00. The molecule has 2 nitrogen and oxygen atoms in total. The summed E-state index contributed by atoms with van der Waals surface area (Å²) in [6.45, 7) is 8.31. The molecule has 0 radical (unpaired) electrons. The average molecular weight is 196 g/mol. The van der Waals surface area contributed by atoms with E-state index in [2.05, 4.69) is 25.7 Å². The van der Waals surface area contributed by atoms with Gasteiger partial charge in [0.05, 0.1) is 0 Å². The first-order valence-electron chi connectivity index (χ1n) is 6.07. The van der Waals surface area contributed by atoms with Gasteiger partial charge in [-0.3, -0.25) is 4.90 Å². The fourth-order valence-electron chi connectivity index (χ4n) is 3.49. The van der Waals surface area contributed by atoms with Gasteiger partial charge < -0.3 is 5.73 Å². The maximum atomic E-state index is 6.07. The van der Waals surface area contributed by atoms with E-state index < -0.39 is 0 Å². The lowest BCUT2D eigenvalue weighted by atomic mass is 9.93. The zero-order valence-corrected chi connectivity index (χ0v) is 9.79. The molecular formula is C12H24N2. The maximum Gasteiger partial charge on any atom is 0.0156 e. The first-order valence-corrected chi connectivity index (χ1v) is 6.07. The lowest BCUT2D eigenvalue weighted by molar-refractivity contribution is 0.0698. The second kappa shape index (κ2) is 3.49. The first-order chi connectivity index (χ1) is 6.54. The van der Waals surface area contributed by atoms with E-state index in [1.807, 2.05) is 0 Å². The van der Waals surface area contributed by atoms with E-state index in [4.69, 9.17) is 5.73 Å². The van der Waals surface area contributed by atoms with Gasteiger partial charge in [0.1, 0.15) is 0 Å². The number of hydrogen-bond acceptors (Lipinski definition) is 2. The summed E-state index contributed by atoms with van der Waals surface area (Å²) in [5.74, 6) is 0.788. The van der Waals surface area contributed by atoms with E-state index in [0.29, 0.717) is 11.6 Å². The number of piperidine rings is 1. The summed E-state index contributed by atoms with van der Waals surface area (Å²) in [6.07, 6.45) is 5.19. The van der Waals surface area contributed by atoms with Crippen LogP contribution >= 0.6 is 0 Å². The monoisotopic (exact) mass is 196 g/mol. The molecule has 2 heteroatoms. The van der Waals surface area contributed by atoms with Gasteiger partial charge in [0.2, 0.25) is 0 Å². The number of nitrogens with zero attached hydrogens (tertiary/aromatic N) is 1. The highest BCUT2D eigenvalue weighted by molar-refractivity contribution is 5.03. The zero-order valence-electron chi connectivity index (χ0n) is 9.79. The minimum Gasteiger partial charge on any atom is -0.327 e. The SMILES string of the molecule is CCCC(C)(C)N1CC2CC1CC2N. The van der Waals surface area contributed by atoms with Crippen molar-refractivity contribution in [2.24, 2.45) is 11.7 Å². The Bertz CT molecular complexity index is 210. The third-order valence-corrected chi connectivity index (χ3v) is 4.24. The van der Waals surface area contributed by atoms with Gasteiger partial charge in [-0.05, 0) is 39.0 Å². The third-order valence-electron chi connectivity index (χ3n) is 4.24. The van der Waals surface area contributed by atoms with Crippen molar-refractivity contribution in [3.8, 4) is 0 Å². The molecule has 1 saturated carbocycles. The van der Waals surface area contributed by atoms with Crippen LogP contribution in [0.25, 0.3) is 0 Å². The fourth-order valence-corrected chi connectivity index (χ4v) is 3.49. The first kappa shape index (κ1) is 10.4. The number of hydrogen-bond donors (Lipinski definition) is 1. The summed E-state index contributed by atoms with van der Waals surface area (Å²) in [7, 11) is 0. The average Bonchev–Trinajstić information content (AvgIpc) is 2.61. The molecule has 2 aliphatic rings. The van der Waals surface area contributed by atoms with Crippen LogP contribution in [0.15, 0.2) is 0 Å². The van der Waals surface area contributed by atoms with E-state index in [1.54, 1.807) is 0 Å². The normalized spacial score (nSPS) is 38.1. The molecule has 0 amide bonds. The van der Waals surface area contributed by atoms with Crippen LogP contribution < -0.4 is 5.73 Å². The van der Waals surface area contributed by atoms with E-state index in [1.165, 1.54) is 32.2 Å². The zero-order chi connectivity index (χ0) is 10.3. The second-order valence-corrected chi connectivity index (χ2v) is 5.76. The molecule has 3 unspecified atom stereocenters. The van der Waals surface area contributed by atoms with Crippen LogP contribution in [-0.4, -0.2) is 29.1 Å². The predicted molar refractivity (Wildman–Crippen MR) is 60.2 cm³/mol. The molecule has 1 saturated heterocycles. The van der Waals surface area contributed by atoms with E-state index >= 15 is 0 Å². The van der Waals surface area contributed by atoms with Gasteiger partial charge in [-0.2, -0.15) is 0 Å². The summed E-state index contributed by atoms with van der Waals surface area (Å²) < 4.78 is 0. The molecule has 2 fully saturated rings. The van der Waals surface area contributed by atoms with Gasteiger partial charge >= 0.3 is 0 Å². The van der Waals surface area contributed by atoms with Crippen molar-refractivity contribution < 1.29 is 0 Å². The molecule has 2 rings (SSSR count). The molecule has 0 aromatic rings. The van der Waals surface area contributed by atoms with E-state index in [-0.39, 0.29) is 0 Å². The Kier molecular flexibility index (Phi) is 2.61. The highest BCUT2D eigenvalue weighted by atomic mass is 15.3. The molecule has 82 valence electrons. The van der Waals surface area contributed by atoms with E-state index in [0.717, 1.165) is 12.0 Å². The van der Waals surface area contributed by atoms with Crippen LogP contribution in [0.4, 0.5) is 0 Å². The Balaban J connectivity index is 2.01. The molecule has 14 heavy (non-hydrogen) atoms. The lowest BCUT2D eigenvalue weighted by Crippen LogP contribution is -2.51. The number of rotatable bonds is 3.